The van der Waals surface area contributed by atoms with Crippen LogP contribution < -0.4 is 5.32 Å². The van der Waals surface area contributed by atoms with Gasteiger partial charge in [-0.05, 0) is 32.1 Å². The number of aromatic nitrogens is 2. The third-order valence-corrected chi connectivity index (χ3v) is 4.41. The molecule has 3 nitrogen and oxygen atoms in total. The van der Waals surface area contributed by atoms with Crippen LogP contribution in [-0.4, -0.2) is 16.0 Å². The first kappa shape index (κ1) is 14.6. The van der Waals surface area contributed by atoms with Crippen molar-refractivity contribution in [3.63, 3.8) is 0 Å². The van der Waals surface area contributed by atoms with Crippen molar-refractivity contribution in [2.75, 3.05) is 5.32 Å². The van der Waals surface area contributed by atoms with Gasteiger partial charge in [-0.1, -0.05) is 38.3 Å². The Morgan fingerprint density at radius 1 is 1.26 bits per heavy atom. The molecule has 0 radical (unpaired) electrons. The summed E-state index contributed by atoms with van der Waals surface area (Å²) in [5.41, 5.74) is 0.972. The van der Waals surface area contributed by atoms with Crippen molar-refractivity contribution in [1.29, 1.82) is 0 Å². The Kier molecular flexibility index (Phi) is 5.03. The van der Waals surface area contributed by atoms with Crippen LogP contribution in [0, 0.1) is 12.8 Å². The number of nitrogens with zero attached hydrogens (tertiary/aromatic N) is 2. The van der Waals surface area contributed by atoms with Crippen LogP contribution in [0.5, 0.6) is 0 Å². The zero-order valence-electron chi connectivity index (χ0n) is 12.2. The highest BCUT2D eigenvalue weighted by Gasteiger charge is 2.22. The van der Waals surface area contributed by atoms with Crippen molar-refractivity contribution < 1.29 is 0 Å². The van der Waals surface area contributed by atoms with Crippen LogP contribution in [0.2, 0.25) is 5.15 Å². The van der Waals surface area contributed by atoms with E-state index in [-0.39, 0.29) is 0 Å². The fourth-order valence-corrected chi connectivity index (χ4v) is 2.90. The molecule has 0 spiro atoms. The van der Waals surface area contributed by atoms with E-state index in [1.54, 1.807) is 0 Å². The first-order chi connectivity index (χ1) is 9.11. The summed E-state index contributed by atoms with van der Waals surface area (Å²) in [6.07, 6.45) is 7.11. The Morgan fingerprint density at radius 2 is 2.00 bits per heavy atom. The van der Waals surface area contributed by atoms with E-state index in [0.29, 0.717) is 17.1 Å². The maximum atomic E-state index is 6.22. The number of hydrogen-bond donors (Lipinski definition) is 1. The summed E-state index contributed by atoms with van der Waals surface area (Å²) in [5.74, 6) is 2.49. The average Bonchev–Trinajstić information content (AvgIpc) is 2.38. The van der Waals surface area contributed by atoms with E-state index < -0.39 is 0 Å². The number of rotatable bonds is 4. The van der Waals surface area contributed by atoms with Gasteiger partial charge in [0.2, 0.25) is 0 Å². The number of hydrogen-bond acceptors (Lipinski definition) is 3. The molecule has 0 aromatic carbocycles. The van der Waals surface area contributed by atoms with Gasteiger partial charge in [-0.2, -0.15) is 0 Å². The van der Waals surface area contributed by atoms with Gasteiger partial charge in [0, 0.05) is 18.0 Å². The first-order valence-corrected chi connectivity index (χ1v) is 7.79. The molecule has 4 heteroatoms. The normalized spacial score (nSPS) is 23.4. The van der Waals surface area contributed by atoms with Crippen molar-refractivity contribution in [1.82, 2.24) is 9.97 Å². The molecule has 1 aliphatic carbocycles. The molecule has 1 heterocycles. The largest absolute Gasteiger partial charge is 0.367 e. The highest BCUT2D eigenvalue weighted by Crippen LogP contribution is 2.28. The van der Waals surface area contributed by atoms with Gasteiger partial charge in [-0.25, -0.2) is 9.97 Å². The third kappa shape index (κ3) is 3.59. The number of halogens is 1. The van der Waals surface area contributed by atoms with Gasteiger partial charge in [0.1, 0.15) is 16.8 Å². The molecule has 0 aliphatic heterocycles. The SMILES string of the molecule is CCCc1nc(Cl)c(C)c(NC2CCCCC2C)n1. The molecule has 0 amide bonds. The zero-order valence-corrected chi connectivity index (χ0v) is 12.9. The topological polar surface area (TPSA) is 37.8 Å². The molecule has 2 unspecified atom stereocenters. The molecule has 1 aliphatic rings. The van der Waals surface area contributed by atoms with Crippen LogP contribution in [0.15, 0.2) is 0 Å². The summed E-state index contributed by atoms with van der Waals surface area (Å²) in [4.78, 5) is 8.99. The highest BCUT2D eigenvalue weighted by atomic mass is 35.5. The zero-order chi connectivity index (χ0) is 13.8. The van der Waals surface area contributed by atoms with Crippen molar-refractivity contribution in [2.24, 2.45) is 5.92 Å². The molecule has 2 rings (SSSR count). The molecule has 1 N–H and O–H groups in total. The fraction of sp³-hybridized carbons (Fsp3) is 0.733. The van der Waals surface area contributed by atoms with Gasteiger partial charge in [0.05, 0.1) is 0 Å². The van der Waals surface area contributed by atoms with Gasteiger partial charge < -0.3 is 5.32 Å². The second-order valence-electron chi connectivity index (χ2n) is 5.67. The van der Waals surface area contributed by atoms with E-state index >= 15 is 0 Å². The van der Waals surface area contributed by atoms with Crippen molar-refractivity contribution in [2.45, 2.75) is 65.3 Å². The Bertz CT molecular complexity index is 434. The number of nitrogens with one attached hydrogen (secondary N) is 1. The predicted octanol–water partition coefficient (Wildman–Crippen LogP) is 4.38. The third-order valence-electron chi connectivity index (χ3n) is 4.04. The molecule has 1 fully saturated rings. The van der Waals surface area contributed by atoms with E-state index in [1.165, 1.54) is 25.7 Å². The molecule has 1 aromatic heterocycles. The summed E-state index contributed by atoms with van der Waals surface area (Å²) < 4.78 is 0. The van der Waals surface area contributed by atoms with Gasteiger partial charge in [-0.3, -0.25) is 0 Å². The summed E-state index contributed by atoms with van der Waals surface area (Å²) in [5, 5.41) is 4.19. The number of anilines is 1. The molecule has 2 atom stereocenters. The van der Waals surface area contributed by atoms with Crippen molar-refractivity contribution >= 4 is 17.4 Å². The summed E-state index contributed by atoms with van der Waals surface area (Å²) in [7, 11) is 0. The molecule has 19 heavy (non-hydrogen) atoms. The summed E-state index contributed by atoms with van der Waals surface area (Å²) in [6, 6.07) is 0.521. The van der Waals surface area contributed by atoms with E-state index in [4.69, 9.17) is 11.6 Å². The van der Waals surface area contributed by atoms with E-state index in [1.807, 2.05) is 6.92 Å². The van der Waals surface area contributed by atoms with Crippen LogP contribution in [0.25, 0.3) is 0 Å². The molecule has 106 valence electrons. The van der Waals surface area contributed by atoms with Crippen LogP contribution in [0.3, 0.4) is 0 Å². The van der Waals surface area contributed by atoms with E-state index in [0.717, 1.165) is 30.0 Å². The van der Waals surface area contributed by atoms with E-state index in [9.17, 15) is 0 Å². The molecule has 1 saturated carbocycles. The highest BCUT2D eigenvalue weighted by molar-refractivity contribution is 6.30. The maximum absolute atomic E-state index is 6.22. The van der Waals surface area contributed by atoms with Gasteiger partial charge in [0.25, 0.3) is 0 Å². The van der Waals surface area contributed by atoms with E-state index in [2.05, 4.69) is 29.1 Å². The second-order valence-corrected chi connectivity index (χ2v) is 6.02. The summed E-state index contributed by atoms with van der Waals surface area (Å²) >= 11 is 6.22. The van der Waals surface area contributed by atoms with Gasteiger partial charge in [-0.15, -0.1) is 0 Å². The Hall–Kier alpha value is -0.830. The lowest BCUT2D eigenvalue weighted by atomic mass is 9.86. The minimum Gasteiger partial charge on any atom is -0.367 e. The second kappa shape index (κ2) is 6.56. The quantitative estimate of drug-likeness (QED) is 0.832. The lowest BCUT2D eigenvalue weighted by molar-refractivity contribution is 0.349. The standard InChI is InChI=1S/C15H24ClN3/c1-4-7-13-18-14(16)11(3)15(19-13)17-12-9-6-5-8-10(12)2/h10,12H,4-9H2,1-3H3,(H,17,18,19). The molecule has 1 aromatic rings. The smallest absolute Gasteiger partial charge is 0.137 e. The Morgan fingerprint density at radius 3 is 2.68 bits per heavy atom. The molecule has 0 bridgehead atoms. The first-order valence-electron chi connectivity index (χ1n) is 7.41. The minimum absolute atomic E-state index is 0.521. The predicted molar refractivity (Wildman–Crippen MR) is 80.8 cm³/mol. The monoisotopic (exact) mass is 281 g/mol. The van der Waals surface area contributed by atoms with Crippen LogP contribution in [0.1, 0.15) is 57.3 Å². The Balaban J connectivity index is 2.18. The summed E-state index contributed by atoms with van der Waals surface area (Å²) in [6.45, 7) is 6.45. The lowest BCUT2D eigenvalue weighted by Crippen LogP contribution is -2.31. The number of aryl methyl sites for hydroxylation is 1. The van der Waals surface area contributed by atoms with Crippen LogP contribution >= 0.6 is 11.6 Å². The van der Waals surface area contributed by atoms with Crippen molar-refractivity contribution in [3.8, 4) is 0 Å². The van der Waals surface area contributed by atoms with Gasteiger partial charge >= 0.3 is 0 Å². The minimum atomic E-state index is 0.521. The fourth-order valence-electron chi connectivity index (χ4n) is 2.72. The molecular weight excluding hydrogens is 258 g/mol. The molecular formula is C15H24ClN3. The van der Waals surface area contributed by atoms with Crippen LogP contribution in [0.4, 0.5) is 5.82 Å². The van der Waals surface area contributed by atoms with Crippen LogP contribution in [-0.2, 0) is 6.42 Å². The Labute approximate surface area is 121 Å². The van der Waals surface area contributed by atoms with Gasteiger partial charge in [0.15, 0.2) is 0 Å². The average molecular weight is 282 g/mol. The van der Waals surface area contributed by atoms with Crippen molar-refractivity contribution in [3.05, 3.63) is 16.5 Å². The maximum Gasteiger partial charge on any atom is 0.137 e. The lowest BCUT2D eigenvalue weighted by Gasteiger charge is -2.30. The molecule has 0 saturated heterocycles.